The third-order valence-electron chi connectivity index (χ3n) is 4.23. The summed E-state index contributed by atoms with van der Waals surface area (Å²) in [7, 11) is 0. The molecule has 0 saturated heterocycles. The van der Waals surface area contributed by atoms with E-state index in [-0.39, 0.29) is 0 Å². The monoisotopic (exact) mass is 256 g/mol. The minimum Gasteiger partial charge on any atom is -0.399 e. The van der Waals surface area contributed by atoms with Crippen LogP contribution in [0.4, 0.5) is 11.5 Å². The van der Waals surface area contributed by atoms with Crippen LogP contribution in [0.3, 0.4) is 0 Å². The minimum absolute atomic E-state index is 0.317. The van der Waals surface area contributed by atoms with E-state index in [1.54, 1.807) is 6.33 Å². The van der Waals surface area contributed by atoms with Crippen LogP contribution in [-0.4, -0.2) is 16.0 Å². The summed E-state index contributed by atoms with van der Waals surface area (Å²) in [6.45, 7) is 4.63. The normalized spacial score (nSPS) is 21.7. The molecule has 1 aromatic heterocycles. The van der Waals surface area contributed by atoms with E-state index in [0.29, 0.717) is 11.5 Å². The van der Waals surface area contributed by atoms with Crippen molar-refractivity contribution in [1.29, 1.82) is 0 Å². The maximum absolute atomic E-state index is 5.87. The Morgan fingerprint density at radius 2 is 2.16 bits per heavy atom. The first-order chi connectivity index (χ1) is 9.06. The Balaban J connectivity index is 1.99. The van der Waals surface area contributed by atoms with Crippen LogP contribution in [0.2, 0.25) is 0 Å². The number of nitrogens with two attached hydrogens (primary N) is 1. The molecule has 1 heterocycles. The highest BCUT2D eigenvalue weighted by molar-refractivity contribution is 5.91. The Labute approximate surface area is 113 Å². The number of hydrogen-bond acceptors (Lipinski definition) is 4. The molecule has 100 valence electrons. The Morgan fingerprint density at radius 3 is 2.89 bits per heavy atom. The van der Waals surface area contributed by atoms with E-state index in [1.165, 1.54) is 19.3 Å². The predicted molar refractivity (Wildman–Crippen MR) is 79.0 cm³/mol. The van der Waals surface area contributed by atoms with E-state index in [1.807, 2.05) is 18.2 Å². The molecule has 1 aliphatic carbocycles. The molecule has 1 saturated carbocycles. The maximum Gasteiger partial charge on any atom is 0.137 e. The molecule has 19 heavy (non-hydrogen) atoms. The lowest BCUT2D eigenvalue weighted by molar-refractivity contribution is 0.349. The molecule has 1 aromatic carbocycles. The predicted octanol–water partition coefficient (Wildman–Crippen LogP) is 3.20. The number of rotatable bonds is 2. The number of nitrogens with one attached hydrogen (secondary N) is 1. The Morgan fingerprint density at radius 1 is 1.32 bits per heavy atom. The van der Waals surface area contributed by atoms with Crippen LogP contribution in [0, 0.1) is 5.41 Å². The van der Waals surface area contributed by atoms with Crippen molar-refractivity contribution in [3.05, 3.63) is 24.5 Å². The first kappa shape index (κ1) is 12.2. The van der Waals surface area contributed by atoms with Gasteiger partial charge in [0, 0.05) is 17.1 Å². The lowest BCUT2D eigenvalue weighted by atomic mass is 9.87. The molecule has 4 heteroatoms. The molecule has 0 spiro atoms. The highest BCUT2D eigenvalue weighted by atomic mass is 15.1. The van der Waals surface area contributed by atoms with E-state index in [4.69, 9.17) is 5.73 Å². The molecule has 0 aliphatic heterocycles. The molecular weight excluding hydrogens is 236 g/mol. The zero-order valence-electron chi connectivity index (χ0n) is 11.5. The molecule has 1 fully saturated rings. The second kappa shape index (κ2) is 4.37. The van der Waals surface area contributed by atoms with Gasteiger partial charge in [-0.15, -0.1) is 0 Å². The molecule has 2 aromatic rings. The van der Waals surface area contributed by atoms with Gasteiger partial charge in [0.05, 0.1) is 5.52 Å². The molecule has 0 amide bonds. The van der Waals surface area contributed by atoms with Gasteiger partial charge >= 0.3 is 0 Å². The molecule has 1 unspecified atom stereocenters. The lowest BCUT2D eigenvalue weighted by Gasteiger charge is -2.28. The minimum atomic E-state index is 0.317. The van der Waals surface area contributed by atoms with Crippen LogP contribution < -0.4 is 11.1 Å². The van der Waals surface area contributed by atoms with Gasteiger partial charge in [0.25, 0.3) is 0 Å². The molecule has 0 radical (unpaired) electrons. The van der Waals surface area contributed by atoms with Gasteiger partial charge in [-0.05, 0) is 36.5 Å². The topological polar surface area (TPSA) is 63.8 Å². The zero-order chi connectivity index (χ0) is 13.5. The van der Waals surface area contributed by atoms with Crippen molar-refractivity contribution < 1.29 is 0 Å². The smallest absolute Gasteiger partial charge is 0.137 e. The van der Waals surface area contributed by atoms with Crippen molar-refractivity contribution in [2.24, 2.45) is 5.41 Å². The van der Waals surface area contributed by atoms with Gasteiger partial charge in [-0.2, -0.15) is 0 Å². The van der Waals surface area contributed by atoms with Gasteiger partial charge in [0.2, 0.25) is 0 Å². The first-order valence-electron chi connectivity index (χ1n) is 6.83. The summed E-state index contributed by atoms with van der Waals surface area (Å²) in [6.07, 6.45) is 5.34. The van der Waals surface area contributed by atoms with Crippen molar-refractivity contribution in [3.8, 4) is 0 Å². The Hall–Kier alpha value is -1.84. The van der Waals surface area contributed by atoms with Crippen molar-refractivity contribution in [2.75, 3.05) is 11.1 Å². The summed E-state index contributed by atoms with van der Waals surface area (Å²) < 4.78 is 0. The highest BCUT2D eigenvalue weighted by Gasteiger charge is 2.34. The van der Waals surface area contributed by atoms with Crippen LogP contribution in [0.1, 0.15) is 33.1 Å². The molecular formula is C15H20N4. The van der Waals surface area contributed by atoms with Crippen molar-refractivity contribution >= 4 is 22.4 Å². The van der Waals surface area contributed by atoms with E-state index in [2.05, 4.69) is 29.1 Å². The number of benzene rings is 1. The van der Waals surface area contributed by atoms with Gasteiger partial charge in [0.15, 0.2) is 0 Å². The summed E-state index contributed by atoms with van der Waals surface area (Å²) in [5.41, 5.74) is 7.87. The summed E-state index contributed by atoms with van der Waals surface area (Å²) in [4.78, 5) is 8.69. The third-order valence-corrected chi connectivity index (χ3v) is 4.23. The number of hydrogen-bond donors (Lipinski definition) is 2. The Bertz CT molecular complexity index is 606. The first-order valence-corrected chi connectivity index (χ1v) is 6.83. The molecule has 1 atom stereocenters. The highest BCUT2D eigenvalue weighted by Crippen LogP contribution is 2.39. The van der Waals surface area contributed by atoms with Gasteiger partial charge in [0.1, 0.15) is 12.1 Å². The van der Waals surface area contributed by atoms with Gasteiger partial charge in [-0.25, -0.2) is 9.97 Å². The number of nitrogen functional groups attached to an aromatic ring is 1. The van der Waals surface area contributed by atoms with Crippen LogP contribution in [-0.2, 0) is 0 Å². The van der Waals surface area contributed by atoms with Crippen molar-refractivity contribution in [1.82, 2.24) is 9.97 Å². The molecule has 3 rings (SSSR count). The average Bonchev–Trinajstić information content (AvgIpc) is 2.69. The summed E-state index contributed by atoms with van der Waals surface area (Å²) >= 11 is 0. The van der Waals surface area contributed by atoms with Crippen LogP contribution in [0.5, 0.6) is 0 Å². The quantitative estimate of drug-likeness (QED) is 0.810. The fraction of sp³-hybridized carbons (Fsp3) is 0.467. The summed E-state index contributed by atoms with van der Waals surface area (Å²) in [5, 5.41) is 4.60. The fourth-order valence-electron chi connectivity index (χ4n) is 2.95. The van der Waals surface area contributed by atoms with Gasteiger partial charge in [-0.1, -0.05) is 20.3 Å². The second-order valence-electron chi connectivity index (χ2n) is 6.08. The van der Waals surface area contributed by atoms with Gasteiger partial charge in [-0.3, -0.25) is 0 Å². The van der Waals surface area contributed by atoms with Crippen molar-refractivity contribution in [2.45, 2.75) is 39.2 Å². The molecule has 3 N–H and O–H groups in total. The van der Waals surface area contributed by atoms with Crippen LogP contribution >= 0.6 is 0 Å². The number of nitrogens with zero attached hydrogens (tertiary/aromatic N) is 2. The second-order valence-corrected chi connectivity index (χ2v) is 6.08. The Kier molecular flexibility index (Phi) is 2.81. The fourth-order valence-corrected chi connectivity index (χ4v) is 2.95. The number of fused-ring (bicyclic) bond motifs is 1. The van der Waals surface area contributed by atoms with Crippen molar-refractivity contribution in [3.63, 3.8) is 0 Å². The molecule has 1 aliphatic rings. The van der Waals surface area contributed by atoms with E-state index in [9.17, 15) is 0 Å². The summed E-state index contributed by atoms with van der Waals surface area (Å²) in [6, 6.07) is 6.22. The zero-order valence-corrected chi connectivity index (χ0v) is 11.5. The molecule has 4 nitrogen and oxygen atoms in total. The van der Waals surface area contributed by atoms with E-state index in [0.717, 1.165) is 22.4 Å². The molecule has 0 bridgehead atoms. The van der Waals surface area contributed by atoms with Crippen LogP contribution in [0.25, 0.3) is 10.9 Å². The largest absolute Gasteiger partial charge is 0.399 e. The van der Waals surface area contributed by atoms with E-state index < -0.39 is 0 Å². The average molecular weight is 256 g/mol. The van der Waals surface area contributed by atoms with Crippen LogP contribution in [0.15, 0.2) is 24.5 Å². The number of anilines is 2. The van der Waals surface area contributed by atoms with E-state index >= 15 is 0 Å². The van der Waals surface area contributed by atoms with Gasteiger partial charge < -0.3 is 11.1 Å². The lowest BCUT2D eigenvalue weighted by Crippen LogP contribution is -2.31. The third kappa shape index (κ3) is 2.23. The standard InChI is InChI=1S/C15H20N4/c1-15(2)7-3-4-13(15)19-14-11-8-10(16)5-6-12(11)17-9-18-14/h5-6,8-9,13H,3-4,7,16H2,1-2H3,(H,17,18,19). The SMILES string of the molecule is CC1(C)CCCC1Nc1ncnc2ccc(N)cc12. The maximum atomic E-state index is 5.87. The summed E-state index contributed by atoms with van der Waals surface area (Å²) in [5.74, 6) is 0.900. The number of aromatic nitrogens is 2.